The number of carbonyl (C=O) groups is 2. The van der Waals surface area contributed by atoms with Crippen LogP contribution in [0.25, 0.3) is 0 Å². The largest absolute Gasteiger partial charge is 0.493 e. The van der Waals surface area contributed by atoms with Gasteiger partial charge in [0.2, 0.25) is 6.29 Å². The normalized spacial score (nSPS) is 29.7. The van der Waals surface area contributed by atoms with Crippen LogP contribution in [0.2, 0.25) is 0 Å². The number of aliphatic hydroxyl groups excluding tert-OH is 3. The van der Waals surface area contributed by atoms with Gasteiger partial charge in [-0.2, -0.15) is 0 Å². The topological polar surface area (TPSA) is 146 Å². The number of Topliss-reactive ketones (excluding diaryl/α,β-unsaturated/α-hetero) is 1. The first-order valence-corrected chi connectivity index (χ1v) is 13.4. The number of benzene rings is 2. The van der Waals surface area contributed by atoms with Crippen LogP contribution in [-0.4, -0.2) is 88.0 Å². The monoisotopic (exact) mass is 541 g/mol. The Morgan fingerprint density at radius 1 is 1.03 bits per heavy atom. The standard InChI is InChI=1S/C29H35NO9/c1-37-21-14-20-18(13-22(21)38-29-26(34)24(32)25(33)27(39-29)28(35)36)12-19(23(20)31)11-16-7-9-30(10-8-16)15-17-5-3-2-4-6-17/h2-6,13-14,16,19,24-27,29,32-34H,7-12,15H2,1H3,(H,35,36)/t19?,24-,25-,26+,27-,29?/m0/s1. The highest BCUT2D eigenvalue weighted by Gasteiger charge is 2.48. The minimum absolute atomic E-state index is 0.0694. The van der Waals surface area contributed by atoms with E-state index in [0.717, 1.165) is 44.5 Å². The van der Waals surface area contributed by atoms with Crippen LogP contribution < -0.4 is 9.47 Å². The van der Waals surface area contributed by atoms with Crippen molar-refractivity contribution in [3.63, 3.8) is 0 Å². The van der Waals surface area contributed by atoms with Crippen molar-refractivity contribution in [1.82, 2.24) is 4.90 Å². The molecule has 1 aliphatic carbocycles. The maximum atomic E-state index is 13.3. The zero-order chi connectivity index (χ0) is 27.7. The number of carbonyl (C=O) groups excluding carboxylic acids is 1. The highest BCUT2D eigenvalue weighted by Crippen LogP contribution is 2.41. The van der Waals surface area contributed by atoms with E-state index in [1.165, 1.54) is 12.7 Å². The number of aliphatic hydroxyl groups is 3. The van der Waals surface area contributed by atoms with E-state index in [-0.39, 0.29) is 23.2 Å². The van der Waals surface area contributed by atoms with Gasteiger partial charge >= 0.3 is 5.97 Å². The smallest absolute Gasteiger partial charge is 0.335 e. The van der Waals surface area contributed by atoms with Gasteiger partial charge in [-0.25, -0.2) is 4.79 Å². The third-order valence-corrected chi connectivity index (χ3v) is 8.12. The number of methoxy groups -OCH3 is 1. The van der Waals surface area contributed by atoms with Gasteiger partial charge in [0, 0.05) is 18.0 Å². The summed E-state index contributed by atoms with van der Waals surface area (Å²) in [7, 11) is 1.41. The fraction of sp³-hybridized carbons (Fsp3) is 0.517. The molecule has 2 aliphatic heterocycles. The Morgan fingerprint density at radius 3 is 2.41 bits per heavy atom. The van der Waals surface area contributed by atoms with Crippen molar-refractivity contribution in [1.29, 1.82) is 0 Å². The van der Waals surface area contributed by atoms with E-state index in [0.29, 0.717) is 17.9 Å². The van der Waals surface area contributed by atoms with Gasteiger partial charge in [0.25, 0.3) is 0 Å². The first-order chi connectivity index (χ1) is 18.7. The fourth-order valence-corrected chi connectivity index (χ4v) is 5.92. The Labute approximate surface area is 226 Å². The second kappa shape index (κ2) is 11.6. The van der Waals surface area contributed by atoms with Gasteiger partial charge in [0.1, 0.15) is 18.3 Å². The number of hydrogen-bond donors (Lipinski definition) is 4. The zero-order valence-corrected chi connectivity index (χ0v) is 21.8. The summed E-state index contributed by atoms with van der Waals surface area (Å²) in [6, 6.07) is 13.7. The Bertz CT molecular complexity index is 1180. The Morgan fingerprint density at radius 2 is 1.74 bits per heavy atom. The Kier molecular flexibility index (Phi) is 8.20. The van der Waals surface area contributed by atoms with Crippen LogP contribution in [0.4, 0.5) is 0 Å². The molecule has 4 N–H and O–H groups in total. The number of rotatable bonds is 8. The van der Waals surface area contributed by atoms with E-state index in [4.69, 9.17) is 14.2 Å². The van der Waals surface area contributed by atoms with Gasteiger partial charge in [-0.15, -0.1) is 0 Å². The van der Waals surface area contributed by atoms with Crippen molar-refractivity contribution in [2.45, 2.75) is 62.9 Å². The summed E-state index contributed by atoms with van der Waals surface area (Å²) < 4.78 is 16.4. The summed E-state index contributed by atoms with van der Waals surface area (Å²) >= 11 is 0. The first kappa shape index (κ1) is 27.5. The van der Waals surface area contributed by atoms with Crippen LogP contribution >= 0.6 is 0 Å². The van der Waals surface area contributed by atoms with Crippen molar-refractivity contribution in [2.24, 2.45) is 11.8 Å². The molecule has 6 atom stereocenters. The minimum atomic E-state index is -1.82. The van der Waals surface area contributed by atoms with E-state index in [2.05, 4.69) is 29.2 Å². The number of fused-ring (bicyclic) bond motifs is 1. The molecule has 10 heteroatoms. The van der Waals surface area contributed by atoms with Gasteiger partial charge in [-0.05, 0) is 68.0 Å². The second-order valence-electron chi connectivity index (χ2n) is 10.7. The molecule has 210 valence electrons. The maximum absolute atomic E-state index is 13.3. The molecule has 0 aromatic heterocycles. The molecule has 2 saturated heterocycles. The maximum Gasteiger partial charge on any atom is 0.335 e. The third-order valence-electron chi connectivity index (χ3n) is 8.12. The van der Waals surface area contributed by atoms with Crippen LogP contribution in [-0.2, 0) is 22.5 Å². The van der Waals surface area contributed by atoms with Gasteiger partial charge < -0.3 is 34.6 Å². The van der Waals surface area contributed by atoms with Crippen LogP contribution in [0.5, 0.6) is 11.5 Å². The van der Waals surface area contributed by atoms with Crippen molar-refractivity contribution in [3.05, 3.63) is 59.2 Å². The lowest BCUT2D eigenvalue weighted by Gasteiger charge is -2.38. The molecule has 0 saturated carbocycles. The molecule has 2 unspecified atom stereocenters. The number of nitrogens with zero attached hydrogens (tertiary/aromatic N) is 1. The quantitative estimate of drug-likeness (QED) is 0.389. The predicted molar refractivity (Wildman–Crippen MR) is 139 cm³/mol. The number of ether oxygens (including phenoxy) is 3. The molecule has 0 radical (unpaired) electrons. The van der Waals surface area contributed by atoms with Crippen molar-refractivity contribution in [2.75, 3.05) is 20.2 Å². The van der Waals surface area contributed by atoms with Gasteiger partial charge in [-0.3, -0.25) is 9.69 Å². The minimum Gasteiger partial charge on any atom is -0.493 e. The van der Waals surface area contributed by atoms with Gasteiger partial charge in [-0.1, -0.05) is 30.3 Å². The van der Waals surface area contributed by atoms with Gasteiger partial charge in [0.05, 0.1) is 7.11 Å². The average molecular weight is 542 g/mol. The Hall–Kier alpha value is -3.02. The zero-order valence-electron chi connectivity index (χ0n) is 21.8. The molecular weight excluding hydrogens is 506 g/mol. The summed E-state index contributed by atoms with van der Waals surface area (Å²) in [5.74, 6) is -0.738. The molecule has 0 bridgehead atoms. The lowest BCUT2D eigenvalue weighted by molar-refractivity contribution is -0.271. The van der Waals surface area contributed by atoms with E-state index in [1.54, 1.807) is 12.1 Å². The lowest BCUT2D eigenvalue weighted by atomic mass is 9.85. The number of ketones is 1. The van der Waals surface area contributed by atoms with E-state index in [1.807, 2.05) is 6.07 Å². The summed E-state index contributed by atoms with van der Waals surface area (Å²) in [4.78, 5) is 27.2. The van der Waals surface area contributed by atoms with Crippen LogP contribution in [0, 0.1) is 11.8 Å². The highest BCUT2D eigenvalue weighted by molar-refractivity contribution is 6.02. The molecule has 5 rings (SSSR count). The molecule has 10 nitrogen and oxygen atoms in total. The number of carboxylic acids is 1. The SMILES string of the molecule is COc1cc2c(cc1OC1O[C@H](C(=O)O)[C@@H](O)[C@H](O)[C@H]1O)CC(CC1CCN(Cc3ccccc3)CC1)C2=O. The van der Waals surface area contributed by atoms with E-state index >= 15 is 0 Å². The summed E-state index contributed by atoms with van der Waals surface area (Å²) in [5.41, 5.74) is 2.65. The molecule has 3 aliphatic rings. The third kappa shape index (κ3) is 5.80. The Balaban J connectivity index is 1.23. The number of piperidine rings is 1. The molecule has 0 spiro atoms. The van der Waals surface area contributed by atoms with Crippen LogP contribution in [0.1, 0.15) is 40.7 Å². The van der Waals surface area contributed by atoms with Crippen molar-refractivity contribution in [3.8, 4) is 11.5 Å². The van der Waals surface area contributed by atoms with Crippen molar-refractivity contribution >= 4 is 11.8 Å². The van der Waals surface area contributed by atoms with Crippen LogP contribution in [0.15, 0.2) is 42.5 Å². The second-order valence-corrected chi connectivity index (χ2v) is 10.7. The van der Waals surface area contributed by atoms with Crippen LogP contribution in [0.3, 0.4) is 0 Å². The molecule has 2 aromatic carbocycles. The molecule has 0 amide bonds. The molecule has 2 heterocycles. The summed E-state index contributed by atoms with van der Waals surface area (Å²) in [6.45, 7) is 2.94. The number of carboxylic acid groups (broad SMARTS) is 1. The lowest BCUT2D eigenvalue weighted by Crippen LogP contribution is -2.61. The number of likely N-dealkylation sites (tertiary alicyclic amines) is 1. The first-order valence-electron chi connectivity index (χ1n) is 13.4. The molecule has 2 aromatic rings. The molecule has 2 fully saturated rings. The number of aliphatic carboxylic acids is 1. The van der Waals surface area contributed by atoms with E-state index < -0.39 is 36.7 Å². The average Bonchev–Trinajstić information content (AvgIpc) is 3.23. The predicted octanol–water partition coefficient (Wildman–Crippen LogP) is 1.62. The van der Waals surface area contributed by atoms with Crippen molar-refractivity contribution < 1.29 is 44.2 Å². The summed E-state index contributed by atoms with van der Waals surface area (Å²) in [6.07, 6.45) is -5.20. The highest BCUT2D eigenvalue weighted by atomic mass is 16.7. The molecule has 39 heavy (non-hydrogen) atoms. The summed E-state index contributed by atoms with van der Waals surface area (Å²) in [5, 5.41) is 39.7. The number of hydrogen-bond acceptors (Lipinski definition) is 9. The van der Waals surface area contributed by atoms with E-state index in [9.17, 15) is 30.0 Å². The fourth-order valence-electron chi connectivity index (χ4n) is 5.92. The molecular formula is C29H35NO9. The van der Waals surface area contributed by atoms with Gasteiger partial charge in [0.15, 0.2) is 23.4 Å².